The number of nitrogens with zero attached hydrogens (tertiary/aromatic N) is 4. The second kappa shape index (κ2) is 9.49. The van der Waals surface area contributed by atoms with E-state index in [9.17, 15) is 4.79 Å². The van der Waals surface area contributed by atoms with Crippen LogP contribution >= 0.6 is 0 Å². The molecule has 0 bridgehead atoms. The van der Waals surface area contributed by atoms with Gasteiger partial charge in [-0.15, -0.1) is 5.10 Å². The molecule has 4 aromatic rings. The number of anilines is 1. The molecule has 1 heterocycles. The predicted molar refractivity (Wildman–Crippen MR) is 119 cm³/mol. The Labute approximate surface area is 180 Å². The van der Waals surface area contributed by atoms with Gasteiger partial charge in [0.15, 0.2) is 0 Å². The molecule has 0 aliphatic rings. The van der Waals surface area contributed by atoms with Crippen LogP contribution in [0.2, 0.25) is 0 Å². The Morgan fingerprint density at radius 1 is 1.06 bits per heavy atom. The van der Waals surface area contributed by atoms with Gasteiger partial charge in [0.05, 0.1) is 5.69 Å². The van der Waals surface area contributed by atoms with Crippen molar-refractivity contribution in [2.75, 3.05) is 5.32 Å². The van der Waals surface area contributed by atoms with Gasteiger partial charge >= 0.3 is 0 Å². The van der Waals surface area contributed by atoms with Crippen LogP contribution in [-0.2, 0) is 11.4 Å². The average Bonchev–Trinajstić information content (AvgIpc) is 3.34. The highest BCUT2D eigenvalue weighted by molar-refractivity contribution is 6.02. The van der Waals surface area contributed by atoms with Gasteiger partial charge in [-0.2, -0.15) is 0 Å². The van der Waals surface area contributed by atoms with Crippen LogP contribution in [-0.4, -0.2) is 26.1 Å². The molecule has 0 atom stereocenters. The third-order valence-corrected chi connectivity index (χ3v) is 4.65. The van der Waals surface area contributed by atoms with Crippen molar-refractivity contribution in [1.29, 1.82) is 0 Å². The second-order valence-electron chi connectivity index (χ2n) is 6.92. The fourth-order valence-electron chi connectivity index (χ4n) is 2.93. The first kappa shape index (κ1) is 20.0. The number of carbonyl (C=O) groups excluding carboxylic acids is 1. The topological polar surface area (TPSA) is 81.9 Å². The van der Waals surface area contributed by atoms with Crippen molar-refractivity contribution in [3.05, 3.63) is 102 Å². The normalized spacial score (nSPS) is 10.9. The van der Waals surface area contributed by atoms with Gasteiger partial charge in [-0.3, -0.25) is 4.79 Å². The van der Waals surface area contributed by atoms with Crippen molar-refractivity contribution in [3.63, 3.8) is 0 Å². The maximum absolute atomic E-state index is 12.4. The van der Waals surface area contributed by atoms with Crippen molar-refractivity contribution in [3.8, 4) is 11.4 Å². The summed E-state index contributed by atoms with van der Waals surface area (Å²) in [6.45, 7) is 2.44. The lowest BCUT2D eigenvalue weighted by atomic mass is 10.1. The smallest absolute Gasteiger partial charge is 0.248 e. The molecule has 1 N–H and O–H groups in total. The molecule has 1 aromatic heterocycles. The number of nitrogens with one attached hydrogen (secondary N) is 1. The first-order valence-electron chi connectivity index (χ1n) is 9.77. The summed E-state index contributed by atoms with van der Waals surface area (Å²) in [6, 6.07) is 23.2. The molecule has 0 saturated heterocycles. The van der Waals surface area contributed by atoms with E-state index in [2.05, 4.69) is 20.8 Å². The minimum absolute atomic E-state index is 0.221. The van der Waals surface area contributed by atoms with Gasteiger partial charge in [0.2, 0.25) is 5.91 Å². The molecule has 0 aliphatic heterocycles. The maximum Gasteiger partial charge on any atom is 0.248 e. The van der Waals surface area contributed by atoms with E-state index < -0.39 is 0 Å². The Balaban J connectivity index is 1.35. The van der Waals surface area contributed by atoms with Crippen LogP contribution < -0.4 is 10.1 Å². The van der Waals surface area contributed by atoms with Crippen molar-refractivity contribution >= 4 is 17.7 Å². The monoisotopic (exact) mass is 411 g/mol. The van der Waals surface area contributed by atoms with E-state index >= 15 is 0 Å². The maximum atomic E-state index is 12.4. The Morgan fingerprint density at radius 3 is 2.61 bits per heavy atom. The van der Waals surface area contributed by atoms with E-state index in [-0.39, 0.29) is 5.91 Å². The molecule has 154 valence electrons. The summed E-state index contributed by atoms with van der Waals surface area (Å²) < 4.78 is 7.32. The zero-order chi connectivity index (χ0) is 21.5. The molecule has 0 aliphatic carbocycles. The van der Waals surface area contributed by atoms with Crippen molar-refractivity contribution in [1.82, 2.24) is 20.2 Å². The summed E-state index contributed by atoms with van der Waals surface area (Å²) in [6.07, 6.45) is 4.77. The van der Waals surface area contributed by atoms with Gasteiger partial charge < -0.3 is 10.1 Å². The van der Waals surface area contributed by atoms with E-state index in [1.165, 1.54) is 17.1 Å². The van der Waals surface area contributed by atoms with Gasteiger partial charge in [0, 0.05) is 11.8 Å². The molecule has 3 aromatic carbocycles. The SMILES string of the molecule is Cc1ccc(-n2cnnn2)cc1NC(=O)/C=C/c1ccc(OCc2ccccc2)cc1. The van der Waals surface area contributed by atoms with Crippen LogP contribution in [0.5, 0.6) is 5.75 Å². The van der Waals surface area contributed by atoms with Gasteiger partial charge in [-0.1, -0.05) is 48.5 Å². The summed E-state index contributed by atoms with van der Waals surface area (Å²) in [5.41, 5.74) is 4.43. The fourth-order valence-corrected chi connectivity index (χ4v) is 2.93. The molecule has 0 unspecified atom stereocenters. The van der Waals surface area contributed by atoms with Crippen LogP contribution in [0.15, 0.2) is 85.2 Å². The molecule has 7 nitrogen and oxygen atoms in total. The highest BCUT2D eigenvalue weighted by Gasteiger charge is 2.06. The highest BCUT2D eigenvalue weighted by Crippen LogP contribution is 2.19. The van der Waals surface area contributed by atoms with Crippen LogP contribution in [0.3, 0.4) is 0 Å². The average molecular weight is 411 g/mol. The standard InChI is InChI=1S/C24H21N5O2/c1-18-7-11-21(29-17-25-27-28-29)15-23(18)26-24(30)14-10-19-8-12-22(13-9-19)31-16-20-5-3-2-4-6-20/h2-15,17H,16H2,1H3,(H,26,30)/b14-10+. The third-order valence-electron chi connectivity index (χ3n) is 4.65. The van der Waals surface area contributed by atoms with E-state index in [0.717, 1.165) is 28.1 Å². The second-order valence-corrected chi connectivity index (χ2v) is 6.92. The van der Waals surface area contributed by atoms with E-state index in [1.54, 1.807) is 6.08 Å². The number of aromatic nitrogens is 4. The number of hydrogen-bond donors (Lipinski definition) is 1. The molecular formula is C24H21N5O2. The van der Waals surface area contributed by atoms with Crippen molar-refractivity contribution in [2.24, 2.45) is 0 Å². The molecule has 4 rings (SSSR count). The molecule has 31 heavy (non-hydrogen) atoms. The molecular weight excluding hydrogens is 390 g/mol. The Kier molecular flexibility index (Phi) is 6.13. The highest BCUT2D eigenvalue weighted by atomic mass is 16.5. The van der Waals surface area contributed by atoms with E-state index in [0.29, 0.717) is 12.3 Å². The minimum atomic E-state index is -0.221. The molecule has 1 amide bonds. The van der Waals surface area contributed by atoms with E-state index in [1.807, 2.05) is 79.7 Å². The predicted octanol–water partition coefficient (Wildman–Crippen LogP) is 4.20. The van der Waals surface area contributed by atoms with E-state index in [4.69, 9.17) is 4.74 Å². The minimum Gasteiger partial charge on any atom is -0.489 e. The molecule has 0 spiro atoms. The number of rotatable bonds is 7. The molecule has 0 radical (unpaired) electrons. The molecule has 0 saturated carbocycles. The van der Waals surface area contributed by atoms with Gasteiger partial charge in [0.25, 0.3) is 0 Å². The number of aryl methyl sites for hydroxylation is 1. The fraction of sp³-hybridized carbons (Fsp3) is 0.0833. The van der Waals surface area contributed by atoms with Gasteiger partial charge in [-0.25, -0.2) is 4.68 Å². The summed E-state index contributed by atoms with van der Waals surface area (Å²) in [5.74, 6) is 0.557. The number of amides is 1. The summed E-state index contributed by atoms with van der Waals surface area (Å²) >= 11 is 0. The summed E-state index contributed by atoms with van der Waals surface area (Å²) in [7, 11) is 0. The zero-order valence-corrected chi connectivity index (χ0v) is 17.0. The third kappa shape index (κ3) is 5.42. The van der Waals surface area contributed by atoms with Crippen LogP contribution in [0.1, 0.15) is 16.7 Å². The first-order chi connectivity index (χ1) is 15.2. The Hall–Kier alpha value is -4.26. The van der Waals surface area contributed by atoms with Gasteiger partial charge in [0.1, 0.15) is 18.7 Å². The lowest BCUT2D eigenvalue weighted by Crippen LogP contribution is -2.09. The lowest BCUT2D eigenvalue weighted by molar-refractivity contribution is -0.111. The number of hydrogen-bond acceptors (Lipinski definition) is 5. The number of tetrazole rings is 1. The number of benzene rings is 3. The summed E-state index contributed by atoms with van der Waals surface area (Å²) in [5, 5.41) is 14.0. The largest absolute Gasteiger partial charge is 0.489 e. The van der Waals surface area contributed by atoms with Crippen molar-refractivity contribution < 1.29 is 9.53 Å². The zero-order valence-electron chi connectivity index (χ0n) is 17.0. The summed E-state index contributed by atoms with van der Waals surface area (Å²) in [4.78, 5) is 12.4. The number of carbonyl (C=O) groups is 1. The first-order valence-corrected chi connectivity index (χ1v) is 9.77. The Morgan fingerprint density at radius 2 is 1.87 bits per heavy atom. The Bertz CT molecular complexity index is 1170. The molecule has 0 fully saturated rings. The lowest BCUT2D eigenvalue weighted by Gasteiger charge is -2.09. The molecule has 7 heteroatoms. The number of ether oxygens (including phenoxy) is 1. The van der Waals surface area contributed by atoms with Crippen LogP contribution in [0.25, 0.3) is 11.8 Å². The quantitative estimate of drug-likeness (QED) is 0.461. The van der Waals surface area contributed by atoms with Crippen molar-refractivity contribution in [2.45, 2.75) is 13.5 Å². The van der Waals surface area contributed by atoms with Crippen LogP contribution in [0.4, 0.5) is 5.69 Å². The van der Waals surface area contributed by atoms with Crippen LogP contribution in [0, 0.1) is 6.92 Å². The van der Waals surface area contributed by atoms with Gasteiger partial charge in [-0.05, 0) is 64.4 Å².